The number of nitrogens with zero attached hydrogens (tertiary/aromatic N) is 2. The van der Waals surface area contributed by atoms with E-state index in [1.807, 2.05) is 61.5 Å². The molecule has 5 unspecified atom stereocenters. The van der Waals surface area contributed by atoms with Gasteiger partial charge in [0.25, 0.3) is 0 Å². The zero-order chi connectivity index (χ0) is 23.4. The predicted molar refractivity (Wildman–Crippen MR) is 128 cm³/mol. The van der Waals surface area contributed by atoms with Crippen LogP contribution >= 0.6 is 0 Å². The Bertz CT molecular complexity index is 1330. The lowest BCUT2D eigenvalue weighted by molar-refractivity contribution is -0.144. The minimum Gasteiger partial charge on any atom is -0.326 e. The number of likely N-dealkylation sites (tertiary alicyclic amines) is 1. The number of carbonyl (C=O) groups is 3. The first-order valence-corrected chi connectivity index (χ1v) is 11.8. The van der Waals surface area contributed by atoms with Gasteiger partial charge in [-0.3, -0.25) is 24.3 Å². The Labute approximate surface area is 197 Å². The molecule has 1 aromatic heterocycles. The Morgan fingerprint density at radius 2 is 1.76 bits per heavy atom. The lowest BCUT2D eigenvalue weighted by Crippen LogP contribution is -2.38. The summed E-state index contributed by atoms with van der Waals surface area (Å²) in [5.74, 6) is -0.817. The number of carbonyl (C=O) groups excluding carboxylic acids is 3. The average molecular weight is 452 g/mol. The number of pyridine rings is 1. The summed E-state index contributed by atoms with van der Waals surface area (Å²) in [6, 6.07) is 16.4. The number of allylic oxidation sites excluding steroid dienone is 2. The van der Waals surface area contributed by atoms with Crippen molar-refractivity contribution in [2.75, 3.05) is 5.32 Å². The quantitative estimate of drug-likeness (QED) is 0.460. The Hall–Kier alpha value is -3.80. The van der Waals surface area contributed by atoms with E-state index in [1.54, 1.807) is 6.20 Å². The third-order valence-corrected chi connectivity index (χ3v) is 7.63. The van der Waals surface area contributed by atoms with Gasteiger partial charge in [0.1, 0.15) is 0 Å². The molecule has 34 heavy (non-hydrogen) atoms. The zero-order valence-corrected chi connectivity index (χ0v) is 18.8. The van der Waals surface area contributed by atoms with E-state index in [9.17, 15) is 14.4 Å². The number of aryl methyl sites for hydroxylation is 1. The SMILES string of the molecule is Cc1ccccc1C(CC(=O)Nc1ccc2ncccc2c1)N1C(=O)C2C3C=CC(C3)C2C1=O. The molecule has 2 aliphatic carbocycles. The van der Waals surface area contributed by atoms with E-state index in [2.05, 4.69) is 22.5 Å². The predicted octanol–water partition coefficient (Wildman–Crippen LogP) is 4.42. The van der Waals surface area contributed by atoms with Gasteiger partial charge in [0.05, 0.1) is 29.8 Å². The number of aromatic nitrogens is 1. The van der Waals surface area contributed by atoms with Gasteiger partial charge in [-0.2, -0.15) is 0 Å². The van der Waals surface area contributed by atoms with Gasteiger partial charge in [0.2, 0.25) is 17.7 Å². The van der Waals surface area contributed by atoms with Crippen LogP contribution in [0.4, 0.5) is 5.69 Å². The monoisotopic (exact) mass is 451 g/mol. The van der Waals surface area contributed by atoms with E-state index in [4.69, 9.17) is 0 Å². The summed E-state index contributed by atoms with van der Waals surface area (Å²) in [6.45, 7) is 1.95. The van der Waals surface area contributed by atoms with Gasteiger partial charge in [-0.05, 0) is 60.6 Å². The van der Waals surface area contributed by atoms with E-state index in [0.717, 1.165) is 28.5 Å². The summed E-state index contributed by atoms with van der Waals surface area (Å²) in [4.78, 5) is 46.0. The summed E-state index contributed by atoms with van der Waals surface area (Å²) in [6.07, 6.45) is 6.80. The van der Waals surface area contributed by atoms with Gasteiger partial charge in [-0.15, -0.1) is 0 Å². The Morgan fingerprint density at radius 3 is 2.50 bits per heavy atom. The summed E-state index contributed by atoms with van der Waals surface area (Å²) < 4.78 is 0. The van der Waals surface area contributed by atoms with Crippen LogP contribution in [0.2, 0.25) is 0 Å². The molecule has 1 saturated carbocycles. The summed E-state index contributed by atoms with van der Waals surface area (Å²) >= 11 is 0. The number of hydrogen-bond acceptors (Lipinski definition) is 4. The lowest BCUT2D eigenvalue weighted by Gasteiger charge is -2.29. The fraction of sp³-hybridized carbons (Fsp3) is 0.286. The molecule has 1 N–H and O–H groups in total. The Kier molecular flexibility index (Phi) is 4.83. The minimum atomic E-state index is -0.631. The van der Waals surface area contributed by atoms with E-state index < -0.39 is 6.04 Å². The normalized spacial score (nSPS) is 25.7. The van der Waals surface area contributed by atoms with Crippen molar-refractivity contribution in [1.29, 1.82) is 0 Å². The minimum absolute atomic E-state index is 0.00954. The number of nitrogens with one attached hydrogen (secondary N) is 1. The van der Waals surface area contributed by atoms with Crippen molar-refractivity contribution in [3.8, 4) is 0 Å². The molecular formula is C28H25N3O3. The largest absolute Gasteiger partial charge is 0.326 e. The van der Waals surface area contributed by atoms with Crippen molar-refractivity contribution in [2.45, 2.75) is 25.8 Å². The highest BCUT2D eigenvalue weighted by atomic mass is 16.2. The first-order valence-electron chi connectivity index (χ1n) is 11.8. The first-order chi connectivity index (χ1) is 16.5. The van der Waals surface area contributed by atoms with E-state index in [-0.39, 0.29) is 47.8 Å². The molecule has 1 aliphatic heterocycles. The van der Waals surface area contributed by atoms with Gasteiger partial charge in [0, 0.05) is 17.3 Å². The number of rotatable bonds is 5. The molecule has 6 nitrogen and oxygen atoms in total. The third kappa shape index (κ3) is 3.24. The van der Waals surface area contributed by atoms with Crippen LogP contribution in [0.25, 0.3) is 10.9 Å². The van der Waals surface area contributed by atoms with Crippen LogP contribution in [-0.4, -0.2) is 27.6 Å². The molecular weight excluding hydrogens is 426 g/mol. The van der Waals surface area contributed by atoms with Crippen LogP contribution in [-0.2, 0) is 14.4 Å². The summed E-state index contributed by atoms with van der Waals surface area (Å²) in [5, 5.41) is 3.89. The molecule has 6 heteroatoms. The van der Waals surface area contributed by atoms with Crippen molar-refractivity contribution in [1.82, 2.24) is 9.88 Å². The molecule has 3 aromatic rings. The molecule has 0 radical (unpaired) electrons. The second-order valence-electron chi connectivity index (χ2n) is 9.58. The second kappa shape index (κ2) is 7.90. The molecule has 2 heterocycles. The molecule has 5 atom stereocenters. The fourth-order valence-corrected chi connectivity index (χ4v) is 6.07. The van der Waals surface area contributed by atoms with Gasteiger partial charge < -0.3 is 5.32 Å². The highest BCUT2D eigenvalue weighted by Crippen LogP contribution is 2.54. The van der Waals surface area contributed by atoms with Crippen LogP contribution < -0.4 is 5.32 Å². The van der Waals surface area contributed by atoms with Crippen LogP contribution in [0.5, 0.6) is 0 Å². The fourth-order valence-electron chi connectivity index (χ4n) is 6.07. The van der Waals surface area contributed by atoms with Crippen LogP contribution in [0, 0.1) is 30.6 Å². The van der Waals surface area contributed by atoms with Crippen LogP contribution in [0.3, 0.4) is 0 Å². The summed E-state index contributed by atoms with van der Waals surface area (Å²) in [7, 11) is 0. The number of benzene rings is 2. The van der Waals surface area contributed by atoms with Gasteiger partial charge in [-0.1, -0.05) is 42.5 Å². The molecule has 2 fully saturated rings. The molecule has 3 amide bonds. The average Bonchev–Trinajstić information content (AvgIpc) is 3.52. The number of anilines is 1. The van der Waals surface area contributed by atoms with Crippen molar-refractivity contribution >= 4 is 34.3 Å². The standard InChI is InChI=1S/C28H25N3O3/c1-16-5-2-3-7-21(16)23(31-27(33)25-18-8-9-19(13-18)26(25)28(31)34)15-24(32)30-20-10-11-22-17(14-20)6-4-12-29-22/h2-12,14,18-19,23,25-26H,13,15H2,1H3,(H,30,32). The molecule has 170 valence electrons. The third-order valence-electron chi connectivity index (χ3n) is 7.63. The topological polar surface area (TPSA) is 79.4 Å². The molecule has 3 aliphatic rings. The highest BCUT2D eigenvalue weighted by Gasteiger charge is 2.60. The zero-order valence-electron chi connectivity index (χ0n) is 18.8. The van der Waals surface area contributed by atoms with Crippen molar-refractivity contribution in [2.24, 2.45) is 23.7 Å². The van der Waals surface area contributed by atoms with Crippen LogP contribution in [0.1, 0.15) is 30.0 Å². The Morgan fingerprint density at radius 1 is 1.03 bits per heavy atom. The molecule has 2 aromatic carbocycles. The van der Waals surface area contributed by atoms with Gasteiger partial charge in [-0.25, -0.2) is 0 Å². The second-order valence-corrected chi connectivity index (χ2v) is 9.58. The Balaban J connectivity index is 1.30. The first kappa shape index (κ1) is 20.8. The molecule has 0 spiro atoms. The molecule has 6 rings (SSSR count). The van der Waals surface area contributed by atoms with Crippen molar-refractivity contribution < 1.29 is 14.4 Å². The van der Waals surface area contributed by atoms with Crippen molar-refractivity contribution in [3.05, 3.63) is 84.1 Å². The van der Waals surface area contributed by atoms with E-state index in [0.29, 0.717) is 5.69 Å². The number of fused-ring (bicyclic) bond motifs is 6. The number of amides is 3. The smallest absolute Gasteiger partial charge is 0.234 e. The maximum Gasteiger partial charge on any atom is 0.234 e. The van der Waals surface area contributed by atoms with E-state index >= 15 is 0 Å². The van der Waals surface area contributed by atoms with E-state index in [1.165, 1.54) is 4.90 Å². The highest BCUT2D eigenvalue weighted by molar-refractivity contribution is 6.07. The maximum atomic E-state index is 13.5. The van der Waals surface area contributed by atoms with Crippen LogP contribution in [0.15, 0.2) is 72.9 Å². The number of imide groups is 1. The van der Waals surface area contributed by atoms with Gasteiger partial charge >= 0.3 is 0 Å². The lowest BCUT2D eigenvalue weighted by atomic mass is 9.85. The maximum absolute atomic E-state index is 13.5. The van der Waals surface area contributed by atoms with Gasteiger partial charge in [0.15, 0.2) is 0 Å². The molecule has 1 saturated heterocycles. The number of hydrogen-bond donors (Lipinski definition) is 1. The summed E-state index contributed by atoms with van der Waals surface area (Å²) in [5.41, 5.74) is 3.30. The molecule has 2 bridgehead atoms. The van der Waals surface area contributed by atoms with Crippen molar-refractivity contribution in [3.63, 3.8) is 0 Å².